The summed E-state index contributed by atoms with van der Waals surface area (Å²) in [5.74, 6) is -1.00. The van der Waals surface area contributed by atoms with Gasteiger partial charge in [0.15, 0.2) is 0 Å². The van der Waals surface area contributed by atoms with E-state index in [1.165, 1.54) is 36.7 Å². The van der Waals surface area contributed by atoms with Crippen molar-refractivity contribution in [3.05, 3.63) is 60.1 Å². The molecule has 1 aromatic carbocycles. The molecular formula is C18H18F2N6O2S. The van der Waals surface area contributed by atoms with Crippen LogP contribution in [0.5, 0.6) is 0 Å². The normalized spacial score (nSPS) is 11.9. The Balaban J connectivity index is 1.86. The average Bonchev–Trinajstić information content (AvgIpc) is 2.63. The molecule has 29 heavy (non-hydrogen) atoms. The van der Waals surface area contributed by atoms with E-state index in [9.17, 15) is 17.2 Å². The molecule has 0 unspecified atom stereocenters. The van der Waals surface area contributed by atoms with Crippen molar-refractivity contribution in [1.82, 2.24) is 20.2 Å². The Labute approximate surface area is 166 Å². The van der Waals surface area contributed by atoms with Crippen LogP contribution in [-0.2, 0) is 15.6 Å². The lowest BCUT2D eigenvalue weighted by Crippen LogP contribution is -2.31. The third-order valence-corrected chi connectivity index (χ3v) is 4.49. The first-order valence-corrected chi connectivity index (χ1v) is 10.3. The molecule has 2 heterocycles. The zero-order valence-electron chi connectivity index (χ0n) is 15.8. The van der Waals surface area contributed by atoms with Gasteiger partial charge in [0.05, 0.1) is 18.0 Å². The van der Waals surface area contributed by atoms with Crippen molar-refractivity contribution in [3.63, 3.8) is 0 Å². The molecule has 2 aromatic heterocycles. The summed E-state index contributed by atoms with van der Waals surface area (Å²) >= 11 is 0. The second-order valence-electron chi connectivity index (χ2n) is 6.82. The fourth-order valence-electron chi connectivity index (χ4n) is 2.64. The predicted octanol–water partition coefficient (Wildman–Crippen LogP) is 2.93. The molecule has 0 aliphatic rings. The molecule has 0 fully saturated rings. The molecule has 3 aromatic rings. The van der Waals surface area contributed by atoms with Gasteiger partial charge in [0.25, 0.3) is 0 Å². The van der Waals surface area contributed by atoms with E-state index in [-0.39, 0.29) is 28.6 Å². The highest BCUT2D eigenvalue weighted by molar-refractivity contribution is 7.92. The molecule has 0 amide bonds. The third kappa shape index (κ3) is 4.99. The minimum absolute atomic E-state index is 0.0280. The van der Waals surface area contributed by atoms with Gasteiger partial charge in [-0.1, -0.05) is 0 Å². The quantitative estimate of drug-likeness (QED) is 0.631. The Morgan fingerprint density at radius 2 is 1.79 bits per heavy atom. The second kappa shape index (κ2) is 7.66. The first-order chi connectivity index (χ1) is 13.5. The Morgan fingerprint density at radius 1 is 1.03 bits per heavy atom. The lowest BCUT2D eigenvalue weighted by Gasteiger charge is -2.25. The van der Waals surface area contributed by atoms with E-state index in [0.717, 1.165) is 12.3 Å². The van der Waals surface area contributed by atoms with Crippen LogP contribution in [0, 0.1) is 11.6 Å². The van der Waals surface area contributed by atoms with Gasteiger partial charge in [-0.05, 0) is 44.2 Å². The molecule has 0 atom stereocenters. The molecule has 0 aliphatic carbocycles. The van der Waals surface area contributed by atoms with Crippen molar-refractivity contribution in [1.29, 1.82) is 0 Å². The SMILES string of the molecule is CC(C)(Nc1ncc(-c2cc(NS(C)(=O)=O)ccc2F)nn1)c1ncccc1F. The summed E-state index contributed by atoms with van der Waals surface area (Å²) in [6.45, 7) is 3.41. The van der Waals surface area contributed by atoms with Gasteiger partial charge in [0.1, 0.15) is 23.0 Å². The summed E-state index contributed by atoms with van der Waals surface area (Å²) in [7, 11) is -3.52. The Bertz CT molecular complexity index is 1140. The first-order valence-electron chi connectivity index (χ1n) is 8.42. The summed E-state index contributed by atoms with van der Waals surface area (Å²) in [5.41, 5.74) is -0.441. The van der Waals surface area contributed by atoms with Gasteiger partial charge in [-0.15, -0.1) is 10.2 Å². The second-order valence-corrected chi connectivity index (χ2v) is 8.57. The third-order valence-electron chi connectivity index (χ3n) is 3.88. The Hall–Kier alpha value is -3.21. The lowest BCUT2D eigenvalue weighted by molar-refractivity contribution is 0.510. The van der Waals surface area contributed by atoms with Gasteiger partial charge < -0.3 is 5.32 Å². The molecule has 0 saturated carbocycles. The fourth-order valence-corrected chi connectivity index (χ4v) is 3.19. The number of hydrogen-bond acceptors (Lipinski definition) is 7. The molecule has 2 N–H and O–H groups in total. The molecule has 11 heteroatoms. The lowest BCUT2D eigenvalue weighted by atomic mass is 9.99. The van der Waals surface area contributed by atoms with E-state index in [1.807, 2.05) is 0 Å². The fraction of sp³-hybridized carbons (Fsp3) is 0.222. The van der Waals surface area contributed by atoms with E-state index >= 15 is 0 Å². The van der Waals surface area contributed by atoms with E-state index in [4.69, 9.17) is 0 Å². The number of nitrogens with zero attached hydrogens (tertiary/aromatic N) is 4. The van der Waals surface area contributed by atoms with E-state index in [2.05, 4.69) is 30.2 Å². The van der Waals surface area contributed by atoms with Gasteiger partial charge in [-0.2, -0.15) is 0 Å². The zero-order valence-corrected chi connectivity index (χ0v) is 16.6. The first kappa shape index (κ1) is 20.5. The molecule has 0 spiro atoms. The maximum atomic E-state index is 14.2. The highest BCUT2D eigenvalue weighted by Crippen LogP contribution is 2.26. The molecular weight excluding hydrogens is 402 g/mol. The molecule has 0 aliphatic heterocycles. The number of rotatable bonds is 6. The van der Waals surface area contributed by atoms with Crippen LogP contribution >= 0.6 is 0 Å². The Morgan fingerprint density at radius 3 is 2.41 bits per heavy atom. The summed E-state index contributed by atoms with van der Waals surface area (Å²) in [6, 6.07) is 6.49. The van der Waals surface area contributed by atoms with Gasteiger partial charge in [-0.3, -0.25) is 9.71 Å². The van der Waals surface area contributed by atoms with Crippen LogP contribution in [0.15, 0.2) is 42.7 Å². The van der Waals surface area contributed by atoms with E-state index < -0.39 is 27.2 Å². The highest BCUT2D eigenvalue weighted by atomic mass is 32.2. The predicted molar refractivity (Wildman–Crippen MR) is 105 cm³/mol. The van der Waals surface area contributed by atoms with Crippen LogP contribution < -0.4 is 10.0 Å². The van der Waals surface area contributed by atoms with Crippen molar-refractivity contribution < 1.29 is 17.2 Å². The van der Waals surface area contributed by atoms with Crippen LogP contribution in [0.25, 0.3) is 11.3 Å². The minimum Gasteiger partial charge on any atom is -0.342 e. The van der Waals surface area contributed by atoms with Crippen LogP contribution in [0.2, 0.25) is 0 Å². The van der Waals surface area contributed by atoms with Crippen LogP contribution in [0.1, 0.15) is 19.5 Å². The monoisotopic (exact) mass is 420 g/mol. The molecule has 8 nitrogen and oxygen atoms in total. The highest BCUT2D eigenvalue weighted by Gasteiger charge is 2.26. The van der Waals surface area contributed by atoms with Crippen LogP contribution in [-0.4, -0.2) is 34.8 Å². The smallest absolute Gasteiger partial charge is 0.243 e. The minimum atomic E-state index is -3.52. The number of hydrogen-bond donors (Lipinski definition) is 2. The average molecular weight is 420 g/mol. The van der Waals surface area contributed by atoms with Crippen molar-refractivity contribution in [3.8, 4) is 11.3 Å². The number of nitrogens with one attached hydrogen (secondary N) is 2. The Kier molecular flexibility index (Phi) is 5.42. The topological polar surface area (TPSA) is 110 Å². The number of anilines is 2. The molecule has 0 radical (unpaired) electrons. The number of pyridine rings is 1. The number of sulfonamides is 1. The van der Waals surface area contributed by atoms with E-state index in [1.54, 1.807) is 13.8 Å². The summed E-state index contributed by atoms with van der Waals surface area (Å²) in [6.07, 6.45) is 3.75. The number of halogens is 2. The molecule has 0 bridgehead atoms. The van der Waals surface area contributed by atoms with Gasteiger partial charge in [0, 0.05) is 17.4 Å². The van der Waals surface area contributed by atoms with Gasteiger partial charge in [-0.25, -0.2) is 22.2 Å². The molecule has 0 saturated heterocycles. The number of aromatic nitrogens is 4. The van der Waals surface area contributed by atoms with Gasteiger partial charge in [0.2, 0.25) is 16.0 Å². The zero-order chi connectivity index (χ0) is 21.2. The largest absolute Gasteiger partial charge is 0.342 e. The maximum Gasteiger partial charge on any atom is 0.243 e. The van der Waals surface area contributed by atoms with E-state index in [0.29, 0.717) is 0 Å². The summed E-state index contributed by atoms with van der Waals surface area (Å²) < 4.78 is 53.2. The van der Waals surface area contributed by atoms with Crippen molar-refractivity contribution in [2.75, 3.05) is 16.3 Å². The number of benzene rings is 1. The van der Waals surface area contributed by atoms with Crippen LogP contribution in [0.4, 0.5) is 20.4 Å². The molecule has 152 valence electrons. The molecule has 3 rings (SSSR count). The van der Waals surface area contributed by atoms with Crippen molar-refractivity contribution >= 4 is 21.7 Å². The standard InChI is InChI=1S/C18H18F2N6O2S/c1-18(2,16-14(20)5-4-8-21-16)23-17-22-10-15(24-25-17)12-9-11(6-7-13(12)19)26-29(3,27)28/h4-10,26H,1-3H3,(H,22,23,25). The van der Waals surface area contributed by atoms with Gasteiger partial charge >= 0.3 is 0 Å². The van der Waals surface area contributed by atoms with Crippen molar-refractivity contribution in [2.24, 2.45) is 0 Å². The summed E-state index contributed by atoms with van der Waals surface area (Å²) in [4.78, 5) is 8.14. The van der Waals surface area contributed by atoms with Crippen molar-refractivity contribution in [2.45, 2.75) is 19.4 Å². The van der Waals surface area contributed by atoms with Crippen LogP contribution in [0.3, 0.4) is 0 Å². The summed E-state index contributed by atoms with van der Waals surface area (Å²) in [5, 5.41) is 10.8. The maximum absolute atomic E-state index is 14.2.